The minimum absolute atomic E-state index is 0.0267. The standard InChI is InChI=1S/C22H26N2O3S/c1-16-6-9-20(10-7-16)24-15-17(12-22(24)25)14-23-28(26,27)21-11-8-18-4-2-3-5-19(18)13-21/h6-11,13,17,23H,2-5,12,14-15H2,1H3. The second-order valence-electron chi connectivity index (χ2n) is 7.90. The summed E-state index contributed by atoms with van der Waals surface area (Å²) in [6.07, 6.45) is 4.62. The first-order valence-electron chi connectivity index (χ1n) is 9.91. The van der Waals surface area contributed by atoms with Gasteiger partial charge in [-0.05, 0) is 73.9 Å². The van der Waals surface area contributed by atoms with Gasteiger partial charge in [-0.3, -0.25) is 4.79 Å². The van der Waals surface area contributed by atoms with Crippen molar-refractivity contribution >= 4 is 21.6 Å². The van der Waals surface area contributed by atoms with E-state index in [1.165, 1.54) is 12.0 Å². The number of hydrogen-bond donors (Lipinski definition) is 1. The van der Waals surface area contributed by atoms with Crippen LogP contribution in [-0.4, -0.2) is 27.4 Å². The monoisotopic (exact) mass is 398 g/mol. The van der Waals surface area contributed by atoms with Gasteiger partial charge >= 0.3 is 0 Å². The third-order valence-electron chi connectivity index (χ3n) is 5.74. The minimum Gasteiger partial charge on any atom is -0.312 e. The fourth-order valence-electron chi connectivity index (χ4n) is 4.08. The van der Waals surface area contributed by atoms with Crippen molar-refractivity contribution in [2.75, 3.05) is 18.0 Å². The Kier molecular flexibility index (Phi) is 5.25. The van der Waals surface area contributed by atoms with E-state index in [0.29, 0.717) is 17.9 Å². The number of carbonyl (C=O) groups is 1. The van der Waals surface area contributed by atoms with E-state index < -0.39 is 10.0 Å². The van der Waals surface area contributed by atoms with Crippen molar-refractivity contribution in [2.45, 2.75) is 43.9 Å². The summed E-state index contributed by atoms with van der Waals surface area (Å²) in [5.74, 6) is 0.0167. The molecule has 0 aromatic heterocycles. The van der Waals surface area contributed by atoms with Crippen molar-refractivity contribution in [3.05, 3.63) is 59.2 Å². The zero-order valence-corrected chi connectivity index (χ0v) is 17.0. The molecule has 1 saturated heterocycles. The number of hydrogen-bond acceptors (Lipinski definition) is 3. The van der Waals surface area contributed by atoms with E-state index in [2.05, 4.69) is 4.72 Å². The van der Waals surface area contributed by atoms with E-state index in [0.717, 1.165) is 36.1 Å². The molecule has 28 heavy (non-hydrogen) atoms. The highest BCUT2D eigenvalue weighted by Crippen LogP contribution is 2.26. The SMILES string of the molecule is Cc1ccc(N2CC(CNS(=O)(=O)c3ccc4c(c3)CCCC4)CC2=O)cc1. The maximum atomic E-state index is 12.7. The van der Waals surface area contributed by atoms with Crippen LogP contribution in [0.5, 0.6) is 0 Å². The Labute approximate surface area is 166 Å². The molecule has 0 bridgehead atoms. The van der Waals surface area contributed by atoms with Gasteiger partial charge in [-0.15, -0.1) is 0 Å². The number of nitrogens with one attached hydrogen (secondary N) is 1. The molecule has 6 heteroatoms. The van der Waals surface area contributed by atoms with E-state index in [4.69, 9.17) is 0 Å². The van der Waals surface area contributed by atoms with Gasteiger partial charge in [0.05, 0.1) is 4.90 Å². The summed E-state index contributed by atoms with van der Waals surface area (Å²) in [7, 11) is -3.57. The highest BCUT2D eigenvalue weighted by Gasteiger charge is 2.31. The fourth-order valence-corrected chi connectivity index (χ4v) is 5.25. The average molecular weight is 399 g/mol. The number of amides is 1. The Morgan fingerprint density at radius 1 is 1.04 bits per heavy atom. The van der Waals surface area contributed by atoms with Gasteiger partial charge in [0.25, 0.3) is 0 Å². The molecule has 1 atom stereocenters. The van der Waals surface area contributed by atoms with E-state index >= 15 is 0 Å². The lowest BCUT2D eigenvalue weighted by Gasteiger charge is -2.18. The van der Waals surface area contributed by atoms with Crippen molar-refractivity contribution in [2.24, 2.45) is 5.92 Å². The highest BCUT2D eigenvalue weighted by atomic mass is 32.2. The van der Waals surface area contributed by atoms with Crippen LogP contribution in [0.25, 0.3) is 0 Å². The molecular weight excluding hydrogens is 372 g/mol. The molecule has 148 valence electrons. The molecule has 1 aliphatic heterocycles. The molecule has 2 aromatic carbocycles. The van der Waals surface area contributed by atoms with Crippen LogP contribution in [0.1, 0.15) is 36.0 Å². The Balaban J connectivity index is 1.41. The molecule has 1 fully saturated rings. The smallest absolute Gasteiger partial charge is 0.240 e. The Morgan fingerprint density at radius 3 is 2.50 bits per heavy atom. The number of benzene rings is 2. The second-order valence-corrected chi connectivity index (χ2v) is 9.67. The molecule has 2 aliphatic rings. The summed E-state index contributed by atoms with van der Waals surface area (Å²) < 4.78 is 28.2. The largest absolute Gasteiger partial charge is 0.312 e. The Bertz CT molecular complexity index is 983. The topological polar surface area (TPSA) is 66.5 Å². The van der Waals surface area contributed by atoms with Crippen LogP contribution in [0, 0.1) is 12.8 Å². The molecule has 1 heterocycles. The van der Waals surface area contributed by atoms with Crippen molar-refractivity contribution in [3.63, 3.8) is 0 Å². The molecule has 5 nitrogen and oxygen atoms in total. The van der Waals surface area contributed by atoms with Gasteiger partial charge in [0.15, 0.2) is 0 Å². The number of sulfonamides is 1. The second kappa shape index (κ2) is 7.68. The van der Waals surface area contributed by atoms with Crippen LogP contribution >= 0.6 is 0 Å². The zero-order valence-electron chi connectivity index (χ0n) is 16.1. The molecule has 2 aromatic rings. The van der Waals surface area contributed by atoms with Crippen LogP contribution in [0.2, 0.25) is 0 Å². The van der Waals surface area contributed by atoms with Crippen LogP contribution in [0.15, 0.2) is 47.4 Å². The lowest BCUT2D eigenvalue weighted by Crippen LogP contribution is -2.31. The van der Waals surface area contributed by atoms with E-state index in [9.17, 15) is 13.2 Å². The van der Waals surface area contributed by atoms with Crippen LogP contribution in [0.3, 0.4) is 0 Å². The predicted molar refractivity (Wildman–Crippen MR) is 110 cm³/mol. The van der Waals surface area contributed by atoms with E-state index in [1.807, 2.05) is 43.3 Å². The summed E-state index contributed by atoms with van der Waals surface area (Å²) in [5, 5.41) is 0. The summed E-state index contributed by atoms with van der Waals surface area (Å²) in [6, 6.07) is 13.3. The third kappa shape index (κ3) is 3.98. The van der Waals surface area contributed by atoms with Crippen molar-refractivity contribution in [3.8, 4) is 0 Å². The summed E-state index contributed by atoms with van der Waals surface area (Å²) in [6.45, 7) is 2.82. The van der Waals surface area contributed by atoms with Gasteiger partial charge in [-0.2, -0.15) is 0 Å². The molecule has 0 saturated carbocycles. The van der Waals surface area contributed by atoms with Crippen LogP contribution < -0.4 is 9.62 Å². The number of carbonyl (C=O) groups excluding carboxylic acids is 1. The van der Waals surface area contributed by atoms with Crippen LogP contribution in [0.4, 0.5) is 5.69 Å². The zero-order chi connectivity index (χ0) is 19.7. The van der Waals surface area contributed by atoms with Gasteiger partial charge < -0.3 is 4.90 Å². The van der Waals surface area contributed by atoms with Crippen molar-refractivity contribution in [1.29, 1.82) is 0 Å². The highest BCUT2D eigenvalue weighted by molar-refractivity contribution is 7.89. The van der Waals surface area contributed by atoms with Gasteiger partial charge in [0.2, 0.25) is 15.9 Å². The molecule has 0 radical (unpaired) electrons. The Hall–Kier alpha value is -2.18. The molecule has 1 unspecified atom stereocenters. The number of fused-ring (bicyclic) bond motifs is 1. The minimum atomic E-state index is -3.57. The van der Waals surface area contributed by atoms with Crippen molar-refractivity contribution in [1.82, 2.24) is 4.72 Å². The lowest BCUT2D eigenvalue weighted by molar-refractivity contribution is -0.117. The maximum Gasteiger partial charge on any atom is 0.240 e. The summed E-state index contributed by atoms with van der Waals surface area (Å²) >= 11 is 0. The molecule has 4 rings (SSSR count). The van der Waals surface area contributed by atoms with Crippen molar-refractivity contribution < 1.29 is 13.2 Å². The number of nitrogens with zero attached hydrogens (tertiary/aromatic N) is 1. The first-order chi connectivity index (χ1) is 13.4. The third-order valence-corrected chi connectivity index (χ3v) is 7.16. The molecule has 1 amide bonds. The molecule has 1 N–H and O–H groups in total. The van der Waals surface area contributed by atoms with Gasteiger partial charge in [0.1, 0.15) is 0 Å². The van der Waals surface area contributed by atoms with Crippen LogP contribution in [-0.2, 0) is 27.7 Å². The normalized spacial score (nSPS) is 19.7. The van der Waals surface area contributed by atoms with E-state index in [1.54, 1.807) is 11.0 Å². The average Bonchev–Trinajstić information content (AvgIpc) is 3.07. The number of aryl methyl sites for hydroxylation is 3. The maximum absolute atomic E-state index is 12.7. The van der Waals surface area contributed by atoms with Gasteiger partial charge in [0, 0.05) is 25.2 Å². The number of rotatable bonds is 5. The molecule has 1 aliphatic carbocycles. The fraction of sp³-hybridized carbons (Fsp3) is 0.409. The quantitative estimate of drug-likeness (QED) is 0.841. The summed E-state index contributed by atoms with van der Waals surface area (Å²) in [4.78, 5) is 14.4. The molecule has 0 spiro atoms. The predicted octanol–water partition coefficient (Wildman–Crippen LogP) is 3.21. The summed E-state index contributed by atoms with van der Waals surface area (Å²) in [5.41, 5.74) is 4.43. The first kappa shape index (κ1) is 19.2. The van der Waals surface area contributed by atoms with Gasteiger partial charge in [-0.1, -0.05) is 23.8 Å². The van der Waals surface area contributed by atoms with Gasteiger partial charge in [-0.25, -0.2) is 13.1 Å². The first-order valence-corrected chi connectivity index (χ1v) is 11.4. The Morgan fingerprint density at radius 2 is 1.75 bits per heavy atom. The number of anilines is 1. The lowest BCUT2D eigenvalue weighted by atomic mass is 9.92. The van der Waals surface area contributed by atoms with E-state index in [-0.39, 0.29) is 18.4 Å². The molecular formula is C22H26N2O3S.